The Balaban J connectivity index is 1.92. The van der Waals surface area contributed by atoms with E-state index in [0.717, 1.165) is 11.3 Å². The number of hydrogen-bond donors (Lipinski definition) is 1. The third-order valence-electron chi connectivity index (χ3n) is 3.18. The molecule has 0 saturated carbocycles. The highest BCUT2D eigenvalue weighted by Crippen LogP contribution is 2.28. The van der Waals surface area contributed by atoms with Crippen molar-refractivity contribution in [1.29, 1.82) is 0 Å². The van der Waals surface area contributed by atoms with Gasteiger partial charge in [-0.15, -0.1) is 0 Å². The summed E-state index contributed by atoms with van der Waals surface area (Å²) in [4.78, 5) is 13.8. The fraction of sp³-hybridized carbons (Fsp3) is 0.500. The molecule has 1 heterocycles. The average molecular weight is 249 g/mol. The van der Waals surface area contributed by atoms with Crippen LogP contribution in [-0.4, -0.2) is 41.7 Å². The molecule has 2 rings (SSSR count). The summed E-state index contributed by atoms with van der Waals surface area (Å²) in [6.07, 6.45) is 0.416. The standard InChI is InChI=1S/C14H19NO3/c1-10(16)7-8-15(2)14(17)13-9-11-5-3-4-6-12(11)18-13/h3-6,10,13,16H,7-9H2,1-2H3. The van der Waals surface area contributed by atoms with Gasteiger partial charge in [0.05, 0.1) is 6.10 Å². The first kappa shape index (κ1) is 12.9. The highest BCUT2D eigenvalue weighted by Gasteiger charge is 2.30. The second-order valence-electron chi connectivity index (χ2n) is 4.82. The summed E-state index contributed by atoms with van der Waals surface area (Å²) in [6.45, 7) is 2.27. The van der Waals surface area contributed by atoms with E-state index >= 15 is 0 Å². The highest BCUT2D eigenvalue weighted by molar-refractivity contribution is 5.82. The number of likely N-dealkylation sites (N-methyl/N-ethyl adjacent to an activating group) is 1. The Morgan fingerprint density at radius 3 is 2.94 bits per heavy atom. The summed E-state index contributed by atoms with van der Waals surface area (Å²) >= 11 is 0. The van der Waals surface area contributed by atoms with Crippen LogP contribution >= 0.6 is 0 Å². The number of aliphatic hydroxyl groups excluding tert-OH is 1. The molecule has 0 aromatic heterocycles. The van der Waals surface area contributed by atoms with Crippen LogP contribution in [0.2, 0.25) is 0 Å². The SMILES string of the molecule is CC(O)CCN(C)C(=O)C1Cc2ccccc2O1. The van der Waals surface area contributed by atoms with Crippen LogP contribution in [0, 0.1) is 0 Å². The first-order chi connectivity index (χ1) is 8.58. The third-order valence-corrected chi connectivity index (χ3v) is 3.18. The Hall–Kier alpha value is -1.55. The third kappa shape index (κ3) is 2.82. The molecule has 0 fully saturated rings. The fourth-order valence-electron chi connectivity index (χ4n) is 2.06. The normalized spacial score (nSPS) is 18.9. The van der Waals surface area contributed by atoms with Gasteiger partial charge >= 0.3 is 0 Å². The van der Waals surface area contributed by atoms with Crippen molar-refractivity contribution in [3.8, 4) is 5.75 Å². The van der Waals surface area contributed by atoms with E-state index in [2.05, 4.69) is 0 Å². The molecule has 0 saturated heterocycles. The number of benzene rings is 1. The number of fused-ring (bicyclic) bond motifs is 1. The molecule has 1 aliphatic heterocycles. The van der Waals surface area contributed by atoms with E-state index in [1.54, 1.807) is 18.9 Å². The van der Waals surface area contributed by atoms with E-state index in [0.29, 0.717) is 19.4 Å². The monoisotopic (exact) mass is 249 g/mol. The number of carbonyl (C=O) groups is 1. The summed E-state index contributed by atoms with van der Waals surface area (Å²) < 4.78 is 5.64. The second kappa shape index (κ2) is 5.40. The van der Waals surface area contributed by atoms with Crippen LogP contribution in [0.4, 0.5) is 0 Å². The summed E-state index contributed by atoms with van der Waals surface area (Å²) in [5.74, 6) is 0.784. The molecule has 0 aliphatic carbocycles. The minimum atomic E-state index is -0.415. The summed E-state index contributed by atoms with van der Waals surface area (Å²) in [6, 6.07) is 7.73. The zero-order valence-electron chi connectivity index (χ0n) is 10.8. The molecule has 1 aliphatic rings. The molecule has 2 unspecified atom stereocenters. The number of amides is 1. The Morgan fingerprint density at radius 1 is 1.56 bits per heavy atom. The van der Waals surface area contributed by atoms with Crippen molar-refractivity contribution in [3.63, 3.8) is 0 Å². The number of aliphatic hydroxyl groups is 1. The van der Waals surface area contributed by atoms with Gasteiger partial charge in [-0.3, -0.25) is 4.79 Å². The van der Waals surface area contributed by atoms with Crippen molar-refractivity contribution >= 4 is 5.91 Å². The molecule has 1 amide bonds. The zero-order valence-corrected chi connectivity index (χ0v) is 10.8. The Morgan fingerprint density at radius 2 is 2.28 bits per heavy atom. The number of ether oxygens (including phenoxy) is 1. The van der Waals surface area contributed by atoms with Crippen molar-refractivity contribution in [2.45, 2.75) is 32.0 Å². The van der Waals surface area contributed by atoms with Gasteiger partial charge in [-0.05, 0) is 25.0 Å². The van der Waals surface area contributed by atoms with E-state index in [4.69, 9.17) is 4.74 Å². The van der Waals surface area contributed by atoms with E-state index < -0.39 is 6.10 Å². The maximum atomic E-state index is 12.1. The lowest BCUT2D eigenvalue weighted by molar-refractivity contribution is -0.136. The predicted molar refractivity (Wildman–Crippen MR) is 68.5 cm³/mol. The first-order valence-electron chi connectivity index (χ1n) is 6.25. The predicted octanol–water partition coefficient (Wildman–Crippen LogP) is 1.22. The average Bonchev–Trinajstić information content (AvgIpc) is 2.78. The Bertz CT molecular complexity index is 406. The molecule has 0 spiro atoms. The molecule has 0 radical (unpaired) electrons. The van der Waals surface area contributed by atoms with Crippen LogP contribution in [0.5, 0.6) is 5.75 Å². The summed E-state index contributed by atoms with van der Waals surface area (Å²) in [5, 5.41) is 9.22. The molecule has 98 valence electrons. The van der Waals surface area contributed by atoms with Crippen LogP contribution in [0.25, 0.3) is 0 Å². The van der Waals surface area contributed by atoms with Crippen molar-refractivity contribution in [3.05, 3.63) is 29.8 Å². The minimum Gasteiger partial charge on any atom is -0.480 e. The maximum Gasteiger partial charge on any atom is 0.263 e. The summed E-state index contributed by atoms with van der Waals surface area (Å²) in [7, 11) is 1.75. The van der Waals surface area contributed by atoms with Crippen LogP contribution in [0.3, 0.4) is 0 Å². The van der Waals surface area contributed by atoms with Gasteiger partial charge in [0.25, 0.3) is 5.91 Å². The smallest absolute Gasteiger partial charge is 0.263 e. The van der Waals surface area contributed by atoms with Crippen molar-refractivity contribution in [2.24, 2.45) is 0 Å². The first-order valence-corrected chi connectivity index (χ1v) is 6.25. The lowest BCUT2D eigenvalue weighted by Gasteiger charge is -2.21. The molecule has 18 heavy (non-hydrogen) atoms. The molecule has 1 aromatic rings. The van der Waals surface area contributed by atoms with E-state index in [1.807, 2.05) is 24.3 Å². The largest absolute Gasteiger partial charge is 0.480 e. The minimum absolute atomic E-state index is 0.0214. The van der Waals surface area contributed by atoms with Crippen molar-refractivity contribution in [1.82, 2.24) is 4.90 Å². The maximum absolute atomic E-state index is 12.1. The number of rotatable bonds is 4. The van der Waals surface area contributed by atoms with E-state index in [1.165, 1.54) is 0 Å². The molecular formula is C14H19NO3. The van der Waals surface area contributed by atoms with Crippen molar-refractivity contribution in [2.75, 3.05) is 13.6 Å². The summed E-state index contributed by atoms with van der Waals surface area (Å²) in [5.41, 5.74) is 1.08. The van der Waals surface area contributed by atoms with Gasteiger partial charge < -0.3 is 14.7 Å². The van der Waals surface area contributed by atoms with Crippen LogP contribution in [0.15, 0.2) is 24.3 Å². The molecule has 1 N–H and O–H groups in total. The van der Waals surface area contributed by atoms with Gasteiger partial charge in [-0.2, -0.15) is 0 Å². The van der Waals surface area contributed by atoms with Gasteiger partial charge in [0.1, 0.15) is 5.75 Å². The van der Waals surface area contributed by atoms with Gasteiger partial charge in [0.2, 0.25) is 0 Å². The van der Waals surface area contributed by atoms with E-state index in [-0.39, 0.29) is 12.0 Å². The van der Waals surface area contributed by atoms with Crippen LogP contribution < -0.4 is 4.74 Å². The Kier molecular flexibility index (Phi) is 3.87. The van der Waals surface area contributed by atoms with Gasteiger partial charge in [0.15, 0.2) is 6.10 Å². The Labute approximate surface area is 107 Å². The topological polar surface area (TPSA) is 49.8 Å². The number of nitrogens with zero attached hydrogens (tertiary/aromatic N) is 1. The molecular weight excluding hydrogens is 230 g/mol. The van der Waals surface area contributed by atoms with E-state index in [9.17, 15) is 9.90 Å². The quantitative estimate of drug-likeness (QED) is 0.873. The molecule has 4 nitrogen and oxygen atoms in total. The number of para-hydroxylation sites is 1. The van der Waals surface area contributed by atoms with Crippen LogP contribution in [-0.2, 0) is 11.2 Å². The van der Waals surface area contributed by atoms with Gasteiger partial charge in [0, 0.05) is 20.0 Å². The lowest BCUT2D eigenvalue weighted by Crippen LogP contribution is -2.40. The van der Waals surface area contributed by atoms with Crippen LogP contribution in [0.1, 0.15) is 18.9 Å². The fourth-order valence-corrected chi connectivity index (χ4v) is 2.06. The zero-order chi connectivity index (χ0) is 13.1. The molecule has 0 bridgehead atoms. The molecule has 2 atom stereocenters. The molecule has 1 aromatic carbocycles. The van der Waals surface area contributed by atoms with Gasteiger partial charge in [-0.25, -0.2) is 0 Å². The van der Waals surface area contributed by atoms with Gasteiger partial charge in [-0.1, -0.05) is 18.2 Å². The van der Waals surface area contributed by atoms with Crippen molar-refractivity contribution < 1.29 is 14.6 Å². The lowest BCUT2D eigenvalue weighted by atomic mass is 10.1. The highest BCUT2D eigenvalue weighted by atomic mass is 16.5. The number of hydrogen-bond acceptors (Lipinski definition) is 3. The second-order valence-corrected chi connectivity index (χ2v) is 4.82. The number of carbonyl (C=O) groups excluding carboxylic acids is 1. The molecule has 4 heteroatoms.